The molecule has 0 aromatic heterocycles. The highest BCUT2D eigenvalue weighted by molar-refractivity contribution is 5.78. The molecule has 0 radical (unpaired) electrons. The second-order valence-electron chi connectivity index (χ2n) is 8.76. The molecular weight excluding hydrogens is 368 g/mol. The maximum atomic E-state index is 12.3. The van der Waals surface area contributed by atoms with Gasteiger partial charge in [-0.1, -0.05) is 41.5 Å². The molecule has 7 heteroatoms. The molecule has 170 valence electrons. The Morgan fingerprint density at radius 1 is 0.690 bits per heavy atom. The minimum absolute atomic E-state index is 0.0210. The summed E-state index contributed by atoms with van der Waals surface area (Å²) in [5.74, 6) is 0.739. The molecule has 0 aliphatic carbocycles. The Morgan fingerprint density at radius 3 is 1.55 bits per heavy atom. The van der Waals surface area contributed by atoms with Gasteiger partial charge in [0.15, 0.2) is 0 Å². The minimum Gasteiger partial charge on any atom is -0.356 e. The van der Waals surface area contributed by atoms with Gasteiger partial charge in [0.1, 0.15) is 0 Å². The zero-order chi connectivity index (χ0) is 22.2. The lowest BCUT2D eigenvalue weighted by atomic mass is 10.1. The quantitative estimate of drug-likeness (QED) is 0.339. The fraction of sp³-hybridized carbons (Fsp3) is 0.864. The summed E-state index contributed by atoms with van der Waals surface area (Å²) >= 11 is 0. The van der Waals surface area contributed by atoms with Gasteiger partial charge in [-0.05, 0) is 31.6 Å². The number of hydrogen-bond acceptors (Lipinski definition) is 4. The second-order valence-corrected chi connectivity index (χ2v) is 8.76. The molecule has 0 fully saturated rings. The Kier molecular flexibility index (Phi) is 15.3. The zero-order valence-electron chi connectivity index (χ0n) is 19.5. The van der Waals surface area contributed by atoms with E-state index in [9.17, 15) is 14.4 Å². The van der Waals surface area contributed by atoms with Crippen molar-refractivity contribution >= 4 is 17.7 Å². The molecule has 3 N–H and O–H groups in total. The molecule has 0 aliphatic heterocycles. The number of nitrogens with one attached hydrogen (secondary N) is 3. The van der Waals surface area contributed by atoms with Gasteiger partial charge in [0, 0.05) is 44.6 Å². The third-order valence-corrected chi connectivity index (χ3v) is 4.60. The van der Waals surface area contributed by atoms with E-state index in [4.69, 9.17) is 0 Å². The second kappa shape index (κ2) is 16.2. The van der Waals surface area contributed by atoms with E-state index in [0.717, 1.165) is 38.8 Å². The lowest BCUT2D eigenvalue weighted by Gasteiger charge is -2.22. The van der Waals surface area contributed by atoms with E-state index in [1.165, 1.54) is 0 Å². The molecule has 0 atom stereocenters. The van der Waals surface area contributed by atoms with Gasteiger partial charge in [-0.15, -0.1) is 0 Å². The van der Waals surface area contributed by atoms with E-state index in [2.05, 4.69) is 34.7 Å². The van der Waals surface area contributed by atoms with Crippen LogP contribution in [0.15, 0.2) is 0 Å². The van der Waals surface area contributed by atoms with Gasteiger partial charge in [0.25, 0.3) is 0 Å². The van der Waals surface area contributed by atoms with Crippen LogP contribution in [0.1, 0.15) is 67.2 Å². The van der Waals surface area contributed by atoms with Crippen molar-refractivity contribution in [2.45, 2.75) is 67.2 Å². The lowest BCUT2D eigenvalue weighted by Crippen LogP contribution is -2.40. The van der Waals surface area contributed by atoms with Gasteiger partial charge in [-0.2, -0.15) is 0 Å². The summed E-state index contributed by atoms with van der Waals surface area (Å²) in [7, 11) is 0. The smallest absolute Gasteiger partial charge is 0.234 e. The summed E-state index contributed by atoms with van der Waals surface area (Å²) in [5, 5.41) is 8.82. The molecule has 0 unspecified atom stereocenters. The highest BCUT2D eigenvalue weighted by Gasteiger charge is 2.12. The maximum absolute atomic E-state index is 12.3. The minimum atomic E-state index is -0.0210. The molecule has 7 nitrogen and oxygen atoms in total. The van der Waals surface area contributed by atoms with Crippen molar-refractivity contribution in [1.29, 1.82) is 0 Å². The van der Waals surface area contributed by atoms with Crippen molar-refractivity contribution in [2.75, 3.05) is 39.3 Å². The molecule has 0 spiro atoms. The van der Waals surface area contributed by atoms with Crippen LogP contribution in [0.25, 0.3) is 0 Å². The predicted molar refractivity (Wildman–Crippen MR) is 118 cm³/mol. The summed E-state index contributed by atoms with van der Waals surface area (Å²) in [6.45, 7) is 15.6. The van der Waals surface area contributed by atoms with Gasteiger partial charge < -0.3 is 16.0 Å². The van der Waals surface area contributed by atoms with Gasteiger partial charge in [-0.3, -0.25) is 19.3 Å². The molecule has 0 aliphatic rings. The summed E-state index contributed by atoms with van der Waals surface area (Å²) in [5.41, 5.74) is 0. The van der Waals surface area contributed by atoms with Crippen LogP contribution in [-0.4, -0.2) is 61.9 Å². The van der Waals surface area contributed by atoms with Gasteiger partial charge in [-0.25, -0.2) is 0 Å². The third-order valence-electron chi connectivity index (χ3n) is 4.60. The maximum Gasteiger partial charge on any atom is 0.234 e. The fourth-order valence-corrected chi connectivity index (χ4v) is 2.70. The highest BCUT2D eigenvalue weighted by Crippen LogP contribution is 2.02. The molecule has 0 saturated heterocycles. The van der Waals surface area contributed by atoms with Crippen LogP contribution in [0.3, 0.4) is 0 Å². The van der Waals surface area contributed by atoms with Crippen LogP contribution in [0.2, 0.25) is 0 Å². The van der Waals surface area contributed by atoms with Crippen LogP contribution >= 0.6 is 0 Å². The third kappa shape index (κ3) is 15.9. The average Bonchev–Trinajstić information content (AvgIpc) is 2.64. The van der Waals surface area contributed by atoms with E-state index in [1.807, 2.05) is 27.7 Å². The first-order valence-electron chi connectivity index (χ1n) is 11.2. The van der Waals surface area contributed by atoms with E-state index in [-0.39, 0.29) is 29.6 Å². The van der Waals surface area contributed by atoms with Gasteiger partial charge >= 0.3 is 0 Å². The topological polar surface area (TPSA) is 90.5 Å². The number of carbonyl (C=O) groups is 3. The fourth-order valence-electron chi connectivity index (χ4n) is 2.70. The first-order chi connectivity index (χ1) is 13.6. The Labute approximate surface area is 177 Å². The highest BCUT2D eigenvalue weighted by atomic mass is 16.2. The first kappa shape index (κ1) is 27.4. The monoisotopic (exact) mass is 412 g/mol. The van der Waals surface area contributed by atoms with Crippen LogP contribution in [0.4, 0.5) is 0 Å². The predicted octanol–water partition coefficient (Wildman–Crippen LogP) is 2.17. The lowest BCUT2D eigenvalue weighted by molar-refractivity contribution is -0.124. The molecule has 0 aromatic carbocycles. The van der Waals surface area contributed by atoms with E-state index < -0.39 is 0 Å². The summed E-state index contributed by atoms with van der Waals surface area (Å²) in [6.07, 6.45) is 3.68. The van der Waals surface area contributed by atoms with Crippen molar-refractivity contribution in [3.8, 4) is 0 Å². The molecule has 0 bridgehead atoms. The Balaban J connectivity index is 4.33. The van der Waals surface area contributed by atoms with Gasteiger partial charge in [0.05, 0.1) is 6.54 Å². The normalized spacial score (nSPS) is 11.4. The van der Waals surface area contributed by atoms with Crippen molar-refractivity contribution in [2.24, 2.45) is 17.8 Å². The summed E-state index contributed by atoms with van der Waals surface area (Å²) in [6, 6.07) is 0. The Hall–Kier alpha value is -1.63. The van der Waals surface area contributed by atoms with Crippen molar-refractivity contribution in [3.05, 3.63) is 0 Å². The number of amides is 3. The van der Waals surface area contributed by atoms with E-state index in [0.29, 0.717) is 32.1 Å². The molecule has 0 saturated carbocycles. The van der Waals surface area contributed by atoms with Crippen LogP contribution in [0.5, 0.6) is 0 Å². The van der Waals surface area contributed by atoms with Gasteiger partial charge in [0.2, 0.25) is 17.7 Å². The number of carbonyl (C=O) groups excluding carboxylic acids is 3. The zero-order valence-corrected chi connectivity index (χ0v) is 19.5. The van der Waals surface area contributed by atoms with Crippen molar-refractivity contribution in [1.82, 2.24) is 20.9 Å². The standard InChI is InChI=1S/C22H44N4O3/c1-17(2)10-7-11-23-20(27)16-26(14-8-12-24-21(28)18(3)4)15-9-13-25-22(29)19(5)6/h17-19H,7-16H2,1-6H3,(H,23,27)(H,24,28)(H,25,29). The molecule has 0 rings (SSSR count). The summed E-state index contributed by atoms with van der Waals surface area (Å²) in [4.78, 5) is 37.7. The summed E-state index contributed by atoms with van der Waals surface area (Å²) < 4.78 is 0. The van der Waals surface area contributed by atoms with Crippen LogP contribution in [0, 0.1) is 17.8 Å². The molecule has 3 amide bonds. The van der Waals surface area contributed by atoms with Crippen LogP contribution in [-0.2, 0) is 14.4 Å². The van der Waals surface area contributed by atoms with E-state index >= 15 is 0 Å². The number of nitrogens with zero attached hydrogens (tertiary/aromatic N) is 1. The first-order valence-corrected chi connectivity index (χ1v) is 11.2. The average molecular weight is 413 g/mol. The number of rotatable bonds is 16. The largest absolute Gasteiger partial charge is 0.356 e. The molecule has 0 aromatic rings. The van der Waals surface area contributed by atoms with E-state index in [1.54, 1.807) is 0 Å². The Morgan fingerprint density at radius 2 is 1.14 bits per heavy atom. The number of hydrogen-bond donors (Lipinski definition) is 3. The van der Waals surface area contributed by atoms with Crippen molar-refractivity contribution < 1.29 is 14.4 Å². The van der Waals surface area contributed by atoms with Crippen LogP contribution < -0.4 is 16.0 Å². The molecule has 0 heterocycles. The molecule has 29 heavy (non-hydrogen) atoms. The SMILES string of the molecule is CC(C)CCCNC(=O)CN(CCCNC(=O)C(C)C)CCCNC(=O)C(C)C. The molecular formula is C22H44N4O3. The Bertz CT molecular complexity index is 451. The van der Waals surface area contributed by atoms with Crippen molar-refractivity contribution in [3.63, 3.8) is 0 Å².